The number of hydrogen-bond acceptors (Lipinski definition) is 2. The number of amides is 1. The van der Waals surface area contributed by atoms with E-state index in [-0.39, 0.29) is 5.91 Å². The van der Waals surface area contributed by atoms with Crippen LogP contribution in [0.2, 0.25) is 0 Å². The second-order valence-electron chi connectivity index (χ2n) is 3.43. The highest BCUT2D eigenvalue weighted by molar-refractivity contribution is 6.03. The van der Waals surface area contributed by atoms with Crippen LogP contribution in [0.5, 0.6) is 0 Å². The first kappa shape index (κ1) is 9.52. The minimum Gasteiger partial charge on any atom is -0.397 e. The van der Waals surface area contributed by atoms with Gasteiger partial charge in [-0.15, -0.1) is 0 Å². The number of nitrogens with one attached hydrogen (secondary N) is 1. The maximum atomic E-state index is 10.9. The van der Waals surface area contributed by atoms with E-state index < -0.39 is 0 Å². The van der Waals surface area contributed by atoms with Crippen LogP contribution in [-0.4, -0.2) is 5.91 Å². The molecule has 0 aliphatic heterocycles. The Hall–Kier alpha value is -2.03. The molecule has 2 rings (SSSR count). The fourth-order valence-electron chi connectivity index (χ4n) is 1.59. The van der Waals surface area contributed by atoms with E-state index in [0.29, 0.717) is 11.4 Å². The standard InChI is InChI=1S/C12H12N2O/c1-8(15)14-11-7-6-9-4-2-3-5-10(9)12(11)13/h2-7H,13H2,1H3,(H,14,15). The van der Waals surface area contributed by atoms with Gasteiger partial charge in [-0.05, 0) is 11.5 Å². The van der Waals surface area contributed by atoms with E-state index in [2.05, 4.69) is 5.32 Å². The molecule has 15 heavy (non-hydrogen) atoms. The Morgan fingerprint density at radius 1 is 1.20 bits per heavy atom. The summed E-state index contributed by atoms with van der Waals surface area (Å²) in [4.78, 5) is 10.9. The molecule has 0 aromatic heterocycles. The number of nitrogen functional groups attached to an aromatic ring is 1. The van der Waals surface area contributed by atoms with Crippen molar-refractivity contribution in [3.63, 3.8) is 0 Å². The lowest BCUT2D eigenvalue weighted by atomic mass is 10.1. The summed E-state index contributed by atoms with van der Waals surface area (Å²) in [7, 11) is 0. The molecule has 3 nitrogen and oxygen atoms in total. The van der Waals surface area contributed by atoms with Crippen LogP contribution < -0.4 is 11.1 Å². The lowest BCUT2D eigenvalue weighted by molar-refractivity contribution is -0.114. The second-order valence-corrected chi connectivity index (χ2v) is 3.43. The summed E-state index contributed by atoms with van der Waals surface area (Å²) in [6.45, 7) is 1.47. The van der Waals surface area contributed by atoms with Crippen LogP contribution >= 0.6 is 0 Å². The second kappa shape index (κ2) is 3.61. The van der Waals surface area contributed by atoms with Crippen molar-refractivity contribution < 1.29 is 4.79 Å². The number of rotatable bonds is 1. The zero-order valence-corrected chi connectivity index (χ0v) is 8.45. The summed E-state index contributed by atoms with van der Waals surface area (Å²) in [6.07, 6.45) is 0. The molecule has 0 atom stereocenters. The number of anilines is 2. The van der Waals surface area contributed by atoms with Crippen molar-refractivity contribution in [1.29, 1.82) is 0 Å². The SMILES string of the molecule is CC(=O)Nc1ccc2ccccc2c1N. The van der Waals surface area contributed by atoms with Crippen molar-refractivity contribution in [2.24, 2.45) is 0 Å². The fourth-order valence-corrected chi connectivity index (χ4v) is 1.59. The number of carbonyl (C=O) groups excluding carboxylic acids is 1. The van der Waals surface area contributed by atoms with E-state index in [9.17, 15) is 4.79 Å². The van der Waals surface area contributed by atoms with E-state index in [4.69, 9.17) is 5.73 Å². The largest absolute Gasteiger partial charge is 0.397 e. The van der Waals surface area contributed by atoms with Gasteiger partial charge in [0.25, 0.3) is 0 Å². The minimum atomic E-state index is -0.114. The van der Waals surface area contributed by atoms with Gasteiger partial charge in [0.15, 0.2) is 0 Å². The highest BCUT2D eigenvalue weighted by Gasteiger charge is 2.04. The van der Waals surface area contributed by atoms with Crippen LogP contribution in [-0.2, 0) is 4.79 Å². The van der Waals surface area contributed by atoms with Gasteiger partial charge >= 0.3 is 0 Å². The molecule has 2 aromatic rings. The summed E-state index contributed by atoms with van der Waals surface area (Å²) in [5.74, 6) is -0.114. The summed E-state index contributed by atoms with van der Waals surface area (Å²) in [5.41, 5.74) is 7.23. The Morgan fingerprint density at radius 2 is 1.93 bits per heavy atom. The quantitative estimate of drug-likeness (QED) is 0.694. The summed E-state index contributed by atoms with van der Waals surface area (Å²) >= 11 is 0. The van der Waals surface area contributed by atoms with Gasteiger partial charge in [-0.1, -0.05) is 30.3 Å². The lowest BCUT2D eigenvalue weighted by Crippen LogP contribution is -2.08. The topological polar surface area (TPSA) is 55.1 Å². The third kappa shape index (κ3) is 1.76. The van der Waals surface area contributed by atoms with Gasteiger partial charge < -0.3 is 11.1 Å². The van der Waals surface area contributed by atoms with Crippen LogP contribution in [0.3, 0.4) is 0 Å². The first-order chi connectivity index (χ1) is 7.18. The molecule has 0 aliphatic carbocycles. The third-order valence-electron chi connectivity index (χ3n) is 2.28. The summed E-state index contributed by atoms with van der Waals surface area (Å²) < 4.78 is 0. The van der Waals surface area contributed by atoms with E-state index >= 15 is 0 Å². The number of benzene rings is 2. The molecular formula is C12H12N2O. The van der Waals surface area contributed by atoms with Crippen molar-refractivity contribution in [2.75, 3.05) is 11.1 Å². The van der Waals surface area contributed by atoms with Crippen molar-refractivity contribution >= 4 is 28.1 Å². The van der Waals surface area contributed by atoms with Crippen LogP contribution in [0.1, 0.15) is 6.92 Å². The van der Waals surface area contributed by atoms with E-state index in [1.165, 1.54) is 6.92 Å². The third-order valence-corrected chi connectivity index (χ3v) is 2.28. The highest BCUT2D eigenvalue weighted by atomic mass is 16.1. The average molecular weight is 200 g/mol. The monoisotopic (exact) mass is 200 g/mol. The van der Waals surface area contributed by atoms with Gasteiger partial charge in [-0.2, -0.15) is 0 Å². The molecule has 3 N–H and O–H groups in total. The molecule has 76 valence electrons. The first-order valence-corrected chi connectivity index (χ1v) is 4.73. The molecule has 0 fully saturated rings. The number of hydrogen-bond donors (Lipinski definition) is 2. The molecule has 2 aromatic carbocycles. The van der Waals surface area contributed by atoms with Gasteiger partial charge in [0.05, 0.1) is 11.4 Å². The minimum absolute atomic E-state index is 0.114. The number of nitrogens with two attached hydrogens (primary N) is 1. The normalized spacial score (nSPS) is 10.2. The van der Waals surface area contributed by atoms with E-state index in [1.54, 1.807) is 0 Å². The number of fused-ring (bicyclic) bond motifs is 1. The zero-order chi connectivity index (χ0) is 10.8. The van der Waals surface area contributed by atoms with Gasteiger partial charge in [0.2, 0.25) is 5.91 Å². The van der Waals surface area contributed by atoms with Crippen molar-refractivity contribution in [3.8, 4) is 0 Å². The van der Waals surface area contributed by atoms with Crippen molar-refractivity contribution in [2.45, 2.75) is 6.92 Å². The Morgan fingerprint density at radius 3 is 2.67 bits per heavy atom. The fraction of sp³-hybridized carbons (Fsp3) is 0.0833. The van der Waals surface area contributed by atoms with Crippen LogP contribution in [0.25, 0.3) is 10.8 Å². The highest BCUT2D eigenvalue weighted by Crippen LogP contribution is 2.28. The van der Waals surface area contributed by atoms with Crippen molar-refractivity contribution in [3.05, 3.63) is 36.4 Å². The number of carbonyl (C=O) groups is 1. The van der Waals surface area contributed by atoms with Crippen LogP contribution in [0.15, 0.2) is 36.4 Å². The van der Waals surface area contributed by atoms with Crippen molar-refractivity contribution in [1.82, 2.24) is 0 Å². The predicted molar refractivity (Wildman–Crippen MR) is 62.7 cm³/mol. The average Bonchev–Trinajstić information content (AvgIpc) is 2.22. The smallest absolute Gasteiger partial charge is 0.221 e. The van der Waals surface area contributed by atoms with E-state index in [1.807, 2.05) is 36.4 Å². The molecule has 0 saturated heterocycles. The zero-order valence-electron chi connectivity index (χ0n) is 8.45. The van der Waals surface area contributed by atoms with Gasteiger partial charge in [-0.25, -0.2) is 0 Å². The van der Waals surface area contributed by atoms with Gasteiger partial charge in [-0.3, -0.25) is 4.79 Å². The molecule has 0 aliphatic rings. The molecule has 0 bridgehead atoms. The molecule has 1 amide bonds. The molecule has 3 heteroatoms. The van der Waals surface area contributed by atoms with E-state index in [0.717, 1.165) is 10.8 Å². The molecule has 0 unspecified atom stereocenters. The Bertz CT molecular complexity index is 520. The van der Waals surface area contributed by atoms with Gasteiger partial charge in [0, 0.05) is 12.3 Å². The Balaban J connectivity index is 2.59. The maximum absolute atomic E-state index is 10.9. The molecule has 0 spiro atoms. The summed E-state index contributed by atoms with van der Waals surface area (Å²) in [6, 6.07) is 11.6. The first-order valence-electron chi connectivity index (χ1n) is 4.73. The molecule has 0 radical (unpaired) electrons. The van der Waals surface area contributed by atoms with Crippen LogP contribution in [0.4, 0.5) is 11.4 Å². The predicted octanol–water partition coefficient (Wildman–Crippen LogP) is 2.38. The van der Waals surface area contributed by atoms with Gasteiger partial charge in [0.1, 0.15) is 0 Å². The molecule has 0 saturated carbocycles. The molecule has 0 heterocycles. The summed E-state index contributed by atoms with van der Waals surface area (Å²) in [5, 5.41) is 4.74. The van der Waals surface area contributed by atoms with Crippen LogP contribution in [0, 0.1) is 0 Å². The lowest BCUT2D eigenvalue weighted by Gasteiger charge is -2.08. The Kier molecular flexibility index (Phi) is 2.29. The molecular weight excluding hydrogens is 188 g/mol. The Labute approximate surface area is 87.9 Å². The maximum Gasteiger partial charge on any atom is 0.221 e.